The third-order valence-corrected chi connectivity index (χ3v) is 15.7. The van der Waals surface area contributed by atoms with Crippen LogP contribution in [0, 0.1) is 50.9 Å². The zero-order valence-electron chi connectivity index (χ0n) is 41.9. The van der Waals surface area contributed by atoms with Crippen molar-refractivity contribution in [3.05, 3.63) is 185 Å². The number of ether oxygens (including phenoxy) is 4. The van der Waals surface area contributed by atoms with E-state index in [-0.39, 0.29) is 42.1 Å². The molecular weight excluding hydrogens is 1340 g/mol. The molecule has 8 aliphatic heterocycles. The van der Waals surface area contributed by atoms with Crippen LogP contribution in [-0.4, -0.2) is 51.6 Å². The largest absolute Gasteiger partial charge is 4.00 e. The number of hydrogen-bond donors (Lipinski definition) is 0. The topological polar surface area (TPSA) is 88.6 Å². The number of para-hydroxylation sites is 8. The van der Waals surface area contributed by atoms with Crippen molar-refractivity contribution in [2.45, 2.75) is 0 Å². The van der Waals surface area contributed by atoms with Crippen molar-refractivity contribution in [1.82, 2.24) is 9.97 Å². The van der Waals surface area contributed by atoms with Crippen LogP contribution in [0.3, 0.4) is 0 Å². The molecule has 0 fully saturated rings. The summed E-state index contributed by atoms with van der Waals surface area (Å²) in [7, 11) is 8.20. The van der Waals surface area contributed by atoms with E-state index in [1.807, 2.05) is 62.9 Å². The van der Waals surface area contributed by atoms with E-state index < -0.39 is 13.4 Å². The van der Waals surface area contributed by atoms with Gasteiger partial charge in [-0.2, -0.15) is 50.9 Å². The molecule has 0 saturated carbocycles. The van der Waals surface area contributed by atoms with E-state index in [1.54, 1.807) is 0 Å². The van der Waals surface area contributed by atoms with Crippen molar-refractivity contribution in [2.75, 3.05) is 67.4 Å². The first-order valence-electron chi connectivity index (χ1n) is 25.1. The molecule has 14 nitrogen and oxygen atoms in total. The van der Waals surface area contributed by atoms with Crippen LogP contribution in [0.25, 0.3) is 0 Å². The number of hydrogen-bond acceptors (Lipinski definition) is 14. The van der Waals surface area contributed by atoms with Crippen molar-refractivity contribution in [2.24, 2.45) is 0 Å². The summed E-state index contributed by atoms with van der Waals surface area (Å²) < 4.78 is 28.8. The Hall–Kier alpha value is -8.05. The Morgan fingerprint density at radius 1 is 0.359 bits per heavy atom. The van der Waals surface area contributed by atoms with E-state index in [1.165, 1.54) is 0 Å². The first-order chi connectivity index (χ1) is 37.3. The summed E-state index contributed by atoms with van der Waals surface area (Å²) in [6.07, 6.45) is 3.64. The second-order valence-corrected chi connectivity index (χ2v) is 20.0. The van der Waals surface area contributed by atoms with E-state index in [0.29, 0.717) is 57.2 Å². The Morgan fingerprint density at radius 2 is 0.654 bits per heavy atom. The molecule has 2 aromatic heterocycles. The minimum absolute atomic E-state index is 0. The molecule has 0 amide bonds. The minimum Gasteiger partial charge on any atom is -0.514 e. The zero-order chi connectivity index (χ0) is 50.2. The van der Waals surface area contributed by atoms with Gasteiger partial charge < -0.3 is 68.1 Å². The van der Waals surface area contributed by atoms with Gasteiger partial charge in [0.05, 0.1) is 11.8 Å². The number of aromatic nitrogens is 2. The summed E-state index contributed by atoms with van der Waals surface area (Å²) in [4.78, 5) is 27.3. The second-order valence-electron chi connectivity index (χ2n) is 20.0. The SMILES string of the molecule is CN1[CH-]N(c2[c-]c3c(cc2)Oc2c4c5c(c6c2B3c2[c-]c(N3[CH-]N(C)c7ccccc73)cnc2O6)Oc2ccc(N3[CH-]N(C)c6ccccc63)[c-]c2B5c2[c-]c(N3[CH-]N(C)c5ccccc53)cnc2O4)c2ccccc21.[Pt+4].[Pt+4]. The van der Waals surface area contributed by atoms with Crippen LogP contribution in [0.1, 0.15) is 0 Å². The maximum absolute atomic E-state index is 7.25. The van der Waals surface area contributed by atoms with Gasteiger partial charge in [-0.25, -0.2) is 0 Å². The van der Waals surface area contributed by atoms with Gasteiger partial charge in [-0.15, -0.1) is 57.5 Å². The maximum atomic E-state index is 7.25. The van der Waals surface area contributed by atoms with Gasteiger partial charge in [0.2, 0.25) is 13.4 Å². The normalized spacial score (nSPS) is 15.7. The Morgan fingerprint density at radius 3 is 1.00 bits per heavy atom. The maximum Gasteiger partial charge on any atom is 4.00 e. The van der Waals surface area contributed by atoms with Crippen LogP contribution in [0.4, 0.5) is 68.2 Å². The van der Waals surface area contributed by atoms with Gasteiger partial charge in [-0.3, -0.25) is 0 Å². The van der Waals surface area contributed by atoms with Gasteiger partial charge in [0, 0.05) is 67.9 Å². The van der Waals surface area contributed by atoms with Crippen molar-refractivity contribution in [3.8, 4) is 46.3 Å². The summed E-state index contributed by atoms with van der Waals surface area (Å²) in [5, 5.41) is 0. The van der Waals surface area contributed by atoms with Crippen LogP contribution in [0.5, 0.6) is 46.3 Å². The van der Waals surface area contributed by atoms with E-state index in [0.717, 1.165) is 90.1 Å². The molecule has 0 bridgehead atoms. The van der Waals surface area contributed by atoms with Crippen LogP contribution < -0.4 is 90.9 Å². The average molecular weight is 1370 g/mol. The number of pyridine rings is 2. The summed E-state index contributed by atoms with van der Waals surface area (Å²) in [6.45, 7) is 7.18. The summed E-state index contributed by atoms with van der Waals surface area (Å²) in [6, 6.07) is 56.8. The molecule has 18 heteroatoms. The average Bonchev–Trinajstić information content (AvgIpc) is 4.01. The van der Waals surface area contributed by atoms with Gasteiger partial charge in [0.25, 0.3) is 0 Å². The fourth-order valence-electron chi connectivity index (χ4n) is 12.2. The van der Waals surface area contributed by atoms with E-state index in [4.69, 9.17) is 28.9 Å². The van der Waals surface area contributed by atoms with Crippen molar-refractivity contribution < 1.29 is 61.1 Å². The Bertz CT molecular complexity index is 3550. The number of anilines is 12. The van der Waals surface area contributed by atoms with Gasteiger partial charge in [-0.05, 0) is 76.7 Å². The summed E-state index contributed by atoms with van der Waals surface area (Å²) in [5.41, 5.74) is 16.1. The number of fused-ring (bicyclic) bond motifs is 14. The van der Waals surface area contributed by atoms with Crippen molar-refractivity contribution >= 4 is 114 Å². The summed E-state index contributed by atoms with van der Waals surface area (Å²) in [5.74, 6) is 3.95. The third-order valence-electron chi connectivity index (χ3n) is 15.7. The number of benzene rings is 7. The van der Waals surface area contributed by atoms with Crippen molar-refractivity contribution in [3.63, 3.8) is 0 Å². The molecule has 0 atom stereocenters. The molecule has 0 radical (unpaired) electrons. The Balaban J connectivity index is 0.00000264. The fraction of sp³-hybridized carbons (Fsp3) is 0.0667. The van der Waals surface area contributed by atoms with E-state index in [9.17, 15) is 0 Å². The van der Waals surface area contributed by atoms with Gasteiger partial charge in [-0.1, -0.05) is 72.3 Å². The fourth-order valence-corrected chi connectivity index (χ4v) is 12.2. The van der Waals surface area contributed by atoms with Gasteiger partial charge >= 0.3 is 42.1 Å². The quantitative estimate of drug-likeness (QED) is 0.126. The van der Waals surface area contributed by atoms with Crippen molar-refractivity contribution in [1.29, 1.82) is 0 Å². The monoisotopic (exact) mass is 1370 g/mol. The molecular formula is C60H38B2N10O4Pt2. The second kappa shape index (κ2) is 17.2. The van der Waals surface area contributed by atoms with Crippen LogP contribution in [-0.2, 0) is 42.1 Å². The Labute approximate surface area is 480 Å². The zero-order valence-corrected chi connectivity index (χ0v) is 46.4. The molecule has 9 aromatic rings. The summed E-state index contributed by atoms with van der Waals surface area (Å²) >= 11 is 0. The van der Waals surface area contributed by atoms with Crippen LogP contribution in [0.15, 0.2) is 134 Å². The molecule has 378 valence electrons. The minimum atomic E-state index is -0.549. The van der Waals surface area contributed by atoms with Crippen LogP contribution >= 0.6 is 0 Å². The smallest absolute Gasteiger partial charge is 0.514 e. The molecule has 0 aliphatic carbocycles. The van der Waals surface area contributed by atoms with E-state index in [2.05, 4.69) is 189 Å². The molecule has 8 aliphatic rings. The molecule has 7 aromatic carbocycles. The number of rotatable bonds is 4. The first kappa shape index (κ1) is 47.2. The van der Waals surface area contributed by atoms with Gasteiger partial charge in [0.1, 0.15) is 0 Å². The molecule has 10 heterocycles. The third kappa shape index (κ3) is 6.53. The molecule has 0 spiro atoms. The molecule has 78 heavy (non-hydrogen) atoms. The van der Waals surface area contributed by atoms with Crippen LogP contribution in [0.2, 0.25) is 0 Å². The number of nitrogens with zero attached hydrogens (tertiary/aromatic N) is 10. The molecule has 0 N–H and O–H groups in total. The standard InChI is InChI=1S/C60H38B2N10O4.2Pt/c1-65-31-69(47-17-9-5-13-43(47)65)35-21-23-51-39(25-35)61-41-27-37(71-33-67(3)45-15-7-11-19-49(45)71)29-63-59(41)75-57-53(61)55(73-51)58-54-56(57)74-52-24-22-36(70-32-66(2)44-14-6-10-18-48(44)70)26-40(52)62(54)42-28-38(30-64-60(42)76-58)72-34-68(4)46-16-8-12-20-50(46)72;;/h5-24,29-34H,1-4H3;;/q-8;2*+4. The predicted molar refractivity (Wildman–Crippen MR) is 298 cm³/mol. The molecule has 17 rings (SSSR count). The van der Waals surface area contributed by atoms with Gasteiger partial charge in [0.15, 0.2) is 23.0 Å². The Kier molecular flexibility index (Phi) is 10.4. The van der Waals surface area contributed by atoms with E-state index >= 15 is 0 Å². The molecule has 0 unspecified atom stereocenters. The molecule has 0 saturated heterocycles. The predicted octanol–water partition coefficient (Wildman–Crippen LogP) is 7.96. The first-order valence-corrected chi connectivity index (χ1v) is 25.1.